The SMILES string of the molecule is CCOCc1nc(NN)cc(NCC2(SC)CCCC2)n1. The lowest BCUT2D eigenvalue weighted by Gasteiger charge is -2.27. The maximum Gasteiger partial charge on any atom is 0.158 e. The number of aromatic nitrogens is 2. The molecule has 2 rings (SSSR count). The average Bonchev–Trinajstić information content (AvgIpc) is 3.00. The van der Waals surface area contributed by atoms with Gasteiger partial charge >= 0.3 is 0 Å². The van der Waals surface area contributed by atoms with Gasteiger partial charge in [0.2, 0.25) is 0 Å². The Morgan fingerprint density at radius 2 is 2.05 bits per heavy atom. The Balaban J connectivity index is 2.04. The van der Waals surface area contributed by atoms with Crippen LogP contribution in [0.5, 0.6) is 0 Å². The number of nitrogen functional groups attached to an aromatic ring is 1. The zero-order chi connectivity index (χ0) is 15.1. The minimum absolute atomic E-state index is 0.335. The number of anilines is 2. The summed E-state index contributed by atoms with van der Waals surface area (Å²) in [5.74, 6) is 7.51. The number of rotatable bonds is 8. The van der Waals surface area contributed by atoms with Gasteiger partial charge in [-0.15, -0.1) is 0 Å². The van der Waals surface area contributed by atoms with Crippen LogP contribution in [0.4, 0.5) is 11.6 Å². The van der Waals surface area contributed by atoms with Crippen LogP contribution in [0.15, 0.2) is 6.07 Å². The van der Waals surface area contributed by atoms with E-state index in [-0.39, 0.29) is 0 Å². The van der Waals surface area contributed by atoms with Crippen LogP contribution in [0, 0.1) is 0 Å². The molecule has 0 atom stereocenters. The lowest BCUT2D eigenvalue weighted by atomic mass is 10.1. The van der Waals surface area contributed by atoms with Gasteiger partial charge in [-0.3, -0.25) is 0 Å². The van der Waals surface area contributed by atoms with E-state index in [2.05, 4.69) is 27.0 Å². The molecule has 1 fully saturated rings. The van der Waals surface area contributed by atoms with E-state index in [0.29, 0.717) is 29.6 Å². The first-order chi connectivity index (χ1) is 10.2. The van der Waals surface area contributed by atoms with Crippen LogP contribution in [-0.4, -0.2) is 34.1 Å². The van der Waals surface area contributed by atoms with E-state index in [4.69, 9.17) is 10.6 Å². The average molecular weight is 311 g/mol. The third-order valence-corrected chi connectivity index (χ3v) is 5.31. The van der Waals surface area contributed by atoms with Crippen molar-refractivity contribution in [3.05, 3.63) is 11.9 Å². The molecule has 21 heavy (non-hydrogen) atoms. The van der Waals surface area contributed by atoms with Crippen LogP contribution in [0.3, 0.4) is 0 Å². The molecule has 0 aliphatic heterocycles. The highest BCUT2D eigenvalue weighted by Gasteiger charge is 2.32. The third-order valence-electron chi connectivity index (χ3n) is 3.90. The van der Waals surface area contributed by atoms with E-state index in [9.17, 15) is 0 Å². The molecule has 118 valence electrons. The summed E-state index contributed by atoms with van der Waals surface area (Å²) in [5, 5.41) is 3.45. The van der Waals surface area contributed by atoms with E-state index >= 15 is 0 Å². The summed E-state index contributed by atoms with van der Waals surface area (Å²) < 4.78 is 5.70. The Morgan fingerprint density at radius 3 is 2.67 bits per heavy atom. The zero-order valence-corrected chi connectivity index (χ0v) is 13.6. The fourth-order valence-electron chi connectivity index (χ4n) is 2.64. The summed E-state index contributed by atoms with van der Waals surface area (Å²) in [7, 11) is 0. The van der Waals surface area contributed by atoms with E-state index < -0.39 is 0 Å². The summed E-state index contributed by atoms with van der Waals surface area (Å²) in [6, 6.07) is 1.83. The van der Waals surface area contributed by atoms with Gasteiger partial charge in [-0.25, -0.2) is 15.8 Å². The molecular weight excluding hydrogens is 286 g/mol. The van der Waals surface area contributed by atoms with Crippen molar-refractivity contribution in [2.24, 2.45) is 5.84 Å². The Labute approximate surface area is 130 Å². The second-order valence-electron chi connectivity index (χ2n) is 5.28. The molecular formula is C14H25N5OS. The molecule has 0 saturated heterocycles. The van der Waals surface area contributed by atoms with Crippen molar-refractivity contribution in [1.82, 2.24) is 9.97 Å². The van der Waals surface area contributed by atoms with E-state index in [1.54, 1.807) is 0 Å². The molecule has 1 aliphatic carbocycles. The van der Waals surface area contributed by atoms with E-state index in [0.717, 1.165) is 12.4 Å². The molecule has 1 aromatic rings. The van der Waals surface area contributed by atoms with Gasteiger partial charge in [0.15, 0.2) is 5.82 Å². The maximum atomic E-state index is 5.47. The van der Waals surface area contributed by atoms with Crippen LogP contribution in [0.1, 0.15) is 38.4 Å². The lowest BCUT2D eigenvalue weighted by Crippen LogP contribution is -2.30. The van der Waals surface area contributed by atoms with Gasteiger partial charge in [-0.05, 0) is 26.0 Å². The molecule has 4 N–H and O–H groups in total. The third kappa shape index (κ3) is 4.46. The first-order valence-electron chi connectivity index (χ1n) is 7.43. The predicted molar refractivity (Wildman–Crippen MR) is 88.4 cm³/mol. The van der Waals surface area contributed by atoms with E-state index in [1.165, 1.54) is 25.7 Å². The molecule has 0 aromatic carbocycles. The molecule has 0 amide bonds. The van der Waals surface area contributed by atoms with Crippen LogP contribution in [0.2, 0.25) is 0 Å². The minimum atomic E-state index is 0.335. The van der Waals surface area contributed by atoms with Crippen LogP contribution < -0.4 is 16.6 Å². The number of hydrogen-bond acceptors (Lipinski definition) is 7. The molecule has 6 nitrogen and oxygen atoms in total. The van der Waals surface area contributed by atoms with Gasteiger partial charge in [0, 0.05) is 24.0 Å². The highest BCUT2D eigenvalue weighted by atomic mass is 32.2. The summed E-state index contributed by atoms with van der Waals surface area (Å²) in [6.45, 7) is 3.91. The number of thioether (sulfide) groups is 1. The highest BCUT2D eigenvalue weighted by molar-refractivity contribution is 8.00. The summed E-state index contributed by atoms with van der Waals surface area (Å²) in [5.41, 5.74) is 2.58. The quantitative estimate of drug-likeness (QED) is 0.502. The molecule has 1 aromatic heterocycles. The normalized spacial score (nSPS) is 16.9. The van der Waals surface area contributed by atoms with Crippen molar-refractivity contribution in [2.45, 2.75) is 44.0 Å². The van der Waals surface area contributed by atoms with Gasteiger partial charge < -0.3 is 15.5 Å². The summed E-state index contributed by atoms with van der Waals surface area (Å²) in [6.07, 6.45) is 7.36. The molecule has 0 radical (unpaired) electrons. The van der Waals surface area contributed by atoms with Gasteiger partial charge in [0.05, 0.1) is 0 Å². The number of nitrogens with two attached hydrogens (primary N) is 1. The van der Waals surface area contributed by atoms with Crippen molar-refractivity contribution in [2.75, 3.05) is 30.1 Å². The monoisotopic (exact) mass is 311 g/mol. The molecule has 1 aliphatic rings. The second-order valence-corrected chi connectivity index (χ2v) is 6.56. The topological polar surface area (TPSA) is 85.1 Å². The Morgan fingerprint density at radius 1 is 1.33 bits per heavy atom. The number of hydrogen-bond donors (Lipinski definition) is 3. The number of nitrogens with one attached hydrogen (secondary N) is 2. The fourth-order valence-corrected chi connectivity index (χ4v) is 3.56. The van der Waals surface area contributed by atoms with Gasteiger partial charge in [-0.1, -0.05) is 12.8 Å². The van der Waals surface area contributed by atoms with E-state index in [1.807, 2.05) is 24.8 Å². The first-order valence-corrected chi connectivity index (χ1v) is 8.65. The molecule has 0 unspecified atom stereocenters. The minimum Gasteiger partial charge on any atom is -0.374 e. The number of nitrogens with zero attached hydrogens (tertiary/aromatic N) is 2. The van der Waals surface area contributed by atoms with Gasteiger partial charge in [-0.2, -0.15) is 11.8 Å². The van der Waals surface area contributed by atoms with Crippen molar-refractivity contribution in [3.63, 3.8) is 0 Å². The van der Waals surface area contributed by atoms with Crippen LogP contribution >= 0.6 is 11.8 Å². The molecule has 1 saturated carbocycles. The number of hydrazine groups is 1. The van der Waals surface area contributed by atoms with Crippen molar-refractivity contribution in [3.8, 4) is 0 Å². The Kier molecular flexibility index (Phi) is 6.08. The molecule has 1 heterocycles. The first kappa shape index (κ1) is 16.3. The number of ether oxygens (including phenoxy) is 1. The van der Waals surface area contributed by atoms with Gasteiger partial charge in [0.25, 0.3) is 0 Å². The summed E-state index contributed by atoms with van der Waals surface area (Å²) in [4.78, 5) is 8.78. The van der Waals surface area contributed by atoms with Crippen molar-refractivity contribution in [1.29, 1.82) is 0 Å². The zero-order valence-electron chi connectivity index (χ0n) is 12.8. The Bertz CT molecular complexity index is 451. The largest absolute Gasteiger partial charge is 0.374 e. The second kappa shape index (κ2) is 7.82. The predicted octanol–water partition coefficient (Wildman–Crippen LogP) is 2.39. The van der Waals surface area contributed by atoms with Gasteiger partial charge in [0.1, 0.15) is 18.2 Å². The lowest BCUT2D eigenvalue weighted by molar-refractivity contribution is 0.128. The Hall–Kier alpha value is -1.05. The fraction of sp³-hybridized carbons (Fsp3) is 0.714. The van der Waals surface area contributed by atoms with Crippen molar-refractivity contribution < 1.29 is 4.74 Å². The van der Waals surface area contributed by atoms with Crippen LogP contribution in [0.25, 0.3) is 0 Å². The maximum absolute atomic E-state index is 5.47. The molecule has 0 bridgehead atoms. The van der Waals surface area contributed by atoms with Crippen molar-refractivity contribution >= 4 is 23.4 Å². The standard InChI is InChI=1S/C14H25N5OS/c1-3-20-9-13-17-11(8-12(18-13)19-15)16-10-14(21-2)6-4-5-7-14/h8H,3-7,9-10,15H2,1-2H3,(H2,16,17,18,19). The smallest absolute Gasteiger partial charge is 0.158 e. The molecule has 0 spiro atoms. The molecule has 7 heteroatoms. The van der Waals surface area contributed by atoms with Crippen LogP contribution in [-0.2, 0) is 11.3 Å². The summed E-state index contributed by atoms with van der Waals surface area (Å²) >= 11 is 1.96. The highest BCUT2D eigenvalue weighted by Crippen LogP contribution is 2.40.